The number of aliphatic imine (C=N–C) groups is 1. The van der Waals surface area contributed by atoms with E-state index < -0.39 is 0 Å². The first-order chi connectivity index (χ1) is 9.19. The van der Waals surface area contributed by atoms with Gasteiger partial charge in [0.2, 0.25) is 5.91 Å². The zero-order chi connectivity index (χ0) is 13.7. The quantitative estimate of drug-likeness (QED) is 0.901. The van der Waals surface area contributed by atoms with Crippen molar-refractivity contribution < 1.29 is 9.53 Å². The summed E-state index contributed by atoms with van der Waals surface area (Å²) in [5, 5.41) is 3.35. The van der Waals surface area contributed by atoms with Crippen LogP contribution in [0.25, 0.3) is 0 Å². The first-order valence-corrected chi connectivity index (χ1v) is 6.81. The van der Waals surface area contributed by atoms with Gasteiger partial charge in [0.15, 0.2) is 5.90 Å². The maximum absolute atomic E-state index is 11.9. The van der Waals surface area contributed by atoms with Crippen molar-refractivity contribution in [2.75, 3.05) is 18.5 Å². The normalized spacial score (nSPS) is 13.9. The van der Waals surface area contributed by atoms with Crippen LogP contribution in [0.3, 0.4) is 0 Å². The molecule has 1 aliphatic rings. The van der Waals surface area contributed by atoms with Crippen molar-refractivity contribution in [3.8, 4) is 0 Å². The molecule has 0 saturated carbocycles. The highest BCUT2D eigenvalue weighted by Gasteiger charge is 2.14. The van der Waals surface area contributed by atoms with Crippen LogP contribution in [0.4, 0.5) is 5.69 Å². The molecule has 5 heteroatoms. The lowest BCUT2D eigenvalue weighted by atomic mass is 10.1. The van der Waals surface area contributed by atoms with E-state index in [1.807, 2.05) is 18.2 Å². The minimum Gasteiger partial charge on any atom is -0.479 e. The molecule has 1 amide bonds. The van der Waals surface area contributed by atoms with Gasteiger partial charge in [0.05, 0.1) is 17.3 Å². The highest BCUT2D eigenvalue weighted by atomic mass is 35.5. The number of carbonyl (C=O) groups excluding carboxylic acids is 1. The van der Waals surface area contributed by atoms with Gasteiger partial charge in [0, 0.05) is 0 Å². The van der Waals surface area contributed by atoms with Crippen LogP contribution in [-0.4, -0.2) is 25.0 Å². The number of halogens is 1. The highest BCUT2D eigenvalue weighted by molar-refractivity contribution is 6.33. The van der Waals surface area contributed by atoms with Crippen molar-refractivity contribution in [2.24, 2.45) is 4.99 Å². The van der Waals surface area contributed by atoms with E-state index in [9.17, 15) is 4.79 Å². The standard InChI is InChI=1S/C14H17ClN2O2/c1-2-3-10-4-5-11(15)12(8-10)17-13(18)9-14-16-6-7-19-14/h4-5,8H,2-3,6-7,9H2,1H3,(H,17,18). The van der Waals surface area contributed by atoms with Gasteiger partial charge in [-0.05, 0) is 24.1 Å². The summed E-state index contributed by atoms with van der Waals surface area (Å²) >= 11 is 6.08. The largest absolute Gasteiger partial charge is 0.479 e. The number of benzene rings is 1. The summed E-state index contributed by atoms with van der Waals surface area (Å²) in [6.45, 7) is 3.31. The van der Waals surface area contributed by atoms with Gasteiger partial charge in [-0.3, -0.25) is 9.79 Å². The molecule has 1 N–H and O–H groups in total. The van der Waals surface area contributed by atoms with E-state index >= 15 is 0 Å². The lowest BCUT2D eigenvalue weighted by Gasteiger charge is -2.09. The van der Waals surface area contributed by atoms with E-state index in [0.717, 1.165) is 18.4 Å². The van der Waals surface area contributed by atoms with Crippen molar-refractivity contribution in [3.05, 3.63) is 28.8 Å². The summed E-state index contributed by atoms with van der Waals surface area (Å²) in [4.78, 5) is 15.9. The smallest absolute Gasteiger partial charge is 0.233 e. The Morgan fingerprint density at radius 3 is 3.05 bits per heavy atom. The Labute approximate surface area is 117 Å². The topological polar surface area (TPSA) is 50.7 Å². The zero-order valence-corrected chi connectivity index (χ0v) is 11.7. The summed E-state index contributed by atoms with van der Waals surface area (Å²) in [6.07, 6.45) is 2.18. The second kappa shape index (κ2) is 6.57. The number of ether oxygens (including phenoxy) is 1. The Morgan fingerprint density at radius 1 is 1.53 bits per heavy atom. The molecule has 4 nitrogen and oxygen atoms in total. The summed E-state index contributed by atoms with van der Waals surface area (Å²) in [5.74, 6) is 0.342. The predicted molar refractivity (Wildman–Crippen MR) is 76.9 cm³/mol. The van der Waals surface area contributed by atoms with Crippen LogP contribution in [0.2, 0.25) is 5.02 Å². The molecule has 1 aromatic carbocycles. The van der Waals surface area contributed by atoms with Gasteiger partial charge in [0.25, 0.3) is 0 Å². The number of nitrogens with one attached hydrogen (secondary N) is 1. The van der Waals surface area contributed by atoms with Gasteiger partial charge >= 0.3 is 0 Å². The Balaban J connectivity index is 2.00. The number of rotatable bonds is 5. The van der Waals surface area contributed by atoms with Crippen molar-refractivity contribution in [2.45, 2.75) is 26.2 Å². The number of hydrogen-bond acceptors (Lipinski definition) is 3. The molecule has 1 aromatic rings. The van der Waals surface area contributed by atoms with Gasteiger partial charge in [0.1, 0.15) is 13.0 Å². The summed E-state index contributed by atoms with van der Waals surface area (Å²) in [5.41, 5.74) is 1.81. The Kier molecular flexibility index (Phi) is 4.80. The average molecular weight is 281 g/mol. The fourth-order valence-electron chi connectivity index (χ4n) is 1.93. The maximum Gasteiger partial charge on any atom is 0.233 e. The molecule has 102 valence electrons. The van der Waals surface area contributed by atoms with Crippen molar-refractivity contribution in [1.29, 1.82) is 0 Å². The van der Waals surface area contributed by atoms with Crippen LogP contribution < -0.4 is 5.32 Å². The lowest BCUT2D eigenvalue weighted by Crippen LogP contribution is -2.17. The molecular formula is C14H17ClN2O2. The number of carbonyl (C=O) groups is 1. The van der Waals surface area contributed by atoms with Crippen LogP contribution in [0.15, 0.2) is 23.2 Å². The zero-order valence-electron chi connectivity index (χ0n) is 10.9. The van der Waals surface area contributed by atoms with E-state index in [-0.39, 0.29) is 12.3 Å². The third kappa shape index (κ3) is 3.96. The molecule has 0 bridgehead atoms. The molecule has 0 aliphatic carbocycles. The van der Waals surface area contributed by atoms with Crippen LogP contribution >= 0.6 is 11.6 Å². The Morgan fingerprint density at radius 2 is 2.37 bits per heavy atom. The molecule has 0 spiro atoms. The van der Waals surface area contributed by atoms with Crippen LogP contribution in [0.5, 0.6) is 0 Å². The minimum absolute atomic E-state index is 0.156. The second-order valence-corrected chi connectivity index (χ2v) is 4.82. The van der Waals surface area contributed by atoms with Crippen molar-refractivity contribution in [3.63, 3.8) is 0 Å². The first-order valence-electron chi connectivity index (χ1n) is 6.43. The van der Waals surface area contributed by atoms with E-state index in [1.54, 1.807) is 0 Å². The van der Waals surface area contributed by atoms with E-state index in [0.29, 0.717) is 29.8 Å². The summed E-state index contributed by atoms with van der Waals surface area (Å²) in [6, 6.07) is 5.71. The van der Waals surface area contributed by atoms with Crippen molar-refractivity contribution in [1.82, 2.24) is 0 Å². The molecule has 0 radical (unpaired) electrons. The summed E-state index contributed by atoms with van der Waals surface area (Å²) in [7, 11) is 0. The third-order valence-corrected chi connectivity index (χ3v) is 3.13. The number of anilines is 1. The molecule has 1 heterocycles. The second-order valence-electron chi connectivity index (χ2n) is 4.41. The van der Waals surface area contributed by atoms with Gasteiger partial charge in [-0.25, -0.2) is 0 Å². The van der Waals surface area contributed by atoms with Gasteiger partial charge in [-0.15, -0.1) is 0 Å². The van der Waals surface area contributed by atoms with Gasteiger partial charge < -0.3 is 10.1 Å². The fraction of sp³-hybridized carbons (Fsp3) is 0.429. The number of hydrogen-bond donors (Lipinski definition) is 1. The Bertz CT molecular complexity index is 500. The predicted octanol–water partition coefficient (Wildman–Crippen LogP) is 3.05. The third-order valence-electron chi connectivity index (χ3n) is 2.80. The Hall–Kier alpha value is -1.55. The molecular weight excluding hydrogens is 264 g/mol. The summed E-state index contributed by atoms with van der Waals surface area (Å²) < 4.78 is 5.21. The number of amides is 1. The molecule has 1 aliphatic heterocycles. The van der Waals surface area contributed by atoms with Gasteiger partial charge in [-0.1, -0.05) is 31.0 Å². The molecule has 0 unspecified atom stereocenters. The number of nitrogens with zero attached hydrogens (tertiary/aromatic N) is 1. The van der Waals surface area contributed by atoms with Crippen LogP contribution in [0, 0.1) is 0 Å². The molecule has 0 fully saturated rings. The number of aryl methyl sites for hydroxylation is 1. The monoisotopic (exact) mass is 280 g/mol. The minimum atomic E-state index is -0.156. The van der Waals surface area contributed by atoms with E-state index in [1.165, 1.54) is 0 Å². The first kappa shape index (κ1) is 13.9. The maximum atomic E-state index is 11.9. The van der Waals surface area contributed by atoms with Gasteiger partial charge in [-0.2, -0.15) is 0 Å². The molecule has 0 saturated heterocycles. The SMILES string of the molecule is CCCc1ccc(Cl)c(NC(=O)CC2=NCCO2)c1. The van der Waals surface area contributed by atoms with E-state index in [2.05, 4.69) is 17.2 Å². The average Bonchev–Trinajstić information content (AvgIpc) is 2.86. The van der Waals surface area contributed by atoms with Crippen LogP contribution in [-0.2, 0) is 16.0 Å². The molecule has 19 heavy (non-hydrogen) atoms. The van der Waals surface area contributed by atoms with Crippen molar-refractivity contribution >= 4 is 29.1 Å². The fourth-order valence-corrected chi connectivity index (χ4v) is 2.10. The molecule has 2 rings (SSSR count). The lowest BCUT2D eigenvalue weighted by molar-refractivity contribution is -0.115. The van der Waals surface area contributed by atoms with Crippen LogP contribution in [0.1, 0.15) is 25.3 Å². The molecule has 0 aromatic heterocycles. The molecule has 0 atom stereocenters. The highest BCUT2D eigenvalue weighted by Crippen LogP contribution is 2.24. The van der Waals surface area contributed by atoms with E-state index in [4.69, 9.17) is 16.3 Å².